The van der Waals surface area contributed by atoms with Gasteiger partial charge in [0.15, 0.2) is 5.17 Å². The summed E-state index contributed by atoms with van der Waals surface area (Å²) in [6, 6.07) is 11.8. The summed E-state index contributed by atoms with van der Waals surface area (Å²) in [5.41, 5.74) is 7.22. The number of hydrogen-bond acceptors (Lipinski definition) is 3. The molecule has 1 heterocycles. The summed E-state index contributed by atoms with van der Waals surface area (Å²) in [6.07, 6.45) is 1.91. The van der Waals surface area contributed by atoms with Crippen LogP contribution in [-0.4, -0.2) is 14.9 Å². The second kappa shape index (κ2) is 4.85. The van der Waals surface area contributed by atoms with Gasteiger partial charge in [0.05, 0.1) is 11.4 Å². The van der Waals surface area contributed by atoms with Crippen LogP contribution in [0.3, 0.4) is 0 Å². The first-order valence-corrected chi connectivity index (χ1v) is 5.81. The number of rotatable bonds is 3. The van der Waals surface area contributed by atoms with E-state index in [-0.39, 0.29) is 5.17 Å². The fourth-order valence-corrected chi connectivity index (χ4v) is 1.77. The lowest BCUT2D eigenvalue weighted by molar-refractivity contribution is 0.860. The Morgan fingerprint density at radius 2 is 2.06 bits per heavy atom. The van der Waals surface area contributed by atoms with Crippen molar-refractivity contribution < 1.29 is 0 Å². The van der Waals surface area contributed by atoms with E-state index in [0.717, 1.165) is 11.4 Å². The molecule has 0 bridgehead atoms. The largest absolute Gasteiger partial charge is 0.379 e. The molecule has 0 aliphatic heterocycles. The standard InChI is InChI=1S/C11H12N4S/c12-11(13)16-8-9-6-7-15(14-9)10-4-2-1-3-5-10/h1-7H,8H2,(H3,12,13). The number of aromatic nitrogens is 2. The molecule has 1 aromatic heterocycles. The van der Waals surface area contributed by atoms with E-state index in [9.17, 15) is 0 Å². The molecule has 1 aromatic carbocycles. The quantitative estimate of drug-likeness (QED) is 0.628. The summed E-state index contributed by atoms with van der Waals surface area (Å²) >= 11 is 1.28. The predicted molar refractivity (Wildman–Crippen MR) is 66.8 cm³/mol. The Balaban J connectivity index is 2.11. The second-order valence-corrected chi connectivity index (χ2v) is 4.26. The maximum absolute atomic E-state index is 7.12. The number of benzene rings is 1. The first kappa shape index (κ1) is 10.8. The molecular weight excluding hydrogens is 220 g/mol. The van der Waals surface area contributed by atoms with E-state index in [0.29, 0.717) is 5.75 Å². The van der Waals surface area contributed by atoms with Crippen LogP contribution in [0.15, 0.2) is 42.6 Å². The number of nitrogens with one attached hydrogen (secondary N) is 1. The van der Waals surface area contributed by atoms with Gasteiger partial charge < -0.3 is 5.73 Å². The zero-order chi connectivity index (χ0) is 11.4. The Bertz CT molecular complexity index is 478. The van der Waals surface area contributed by atoms with Gasteiger partial charge in [0.2, 0.25) is 0 Å². The Labute approximate surface area is 98.0 Å². The summed E-state index contributed by atoms with van der Waals surface area (Å²) in [5, 5.41) is 11.6. The van der Waals surface area contributed by atoms with Gasteiger partial charge in [-0.15, -0.1) is 0 Å². The molecular formula is C11H12N4S. The van der Waals surface area contributed by atoms with Crippen molar-refractivity contribution in [2.75, 3.05) is 0 Å². The zero-order valence-corrected chi connectivity index (χ0v) is 9.45. The van der Waals surface area contributed by atoms with Gasteiger partial charge in [0.1, 0.15) is 0 Å². The van der Waals surface area contributed by atoms with Crippen molar-refractivity contribution in [3.63, 3.8) is 0 Å². The predicted octanol–water partition coefficient (Wildman–Crippen LogP) is 2.00. The lowest BCUT2D eigenvalue weighted by Gasteiger charge is -1.99. The van der Waals surface area contributed by atoms with Gasteiger partial charge >= 0.3 is 0 Å². The molecule has 3 N–H and O–H groups in total. The Morgan fingerprint density at radius 3 is 2.75 bits per heavy atom. The van der Waals surface area contributed by atoms with Gasteiger partial charge in [0.25, 0.3) is 0 Å². The molecule has 0 unspecified atom stereocenters. The third kappa shape index (κ3) is 2.64. The van der Waals surface area contributed by atoms with Gasteiger partial charge in [-0.2, -0.15) is 5.10 Å². The van der Waals surface area contributed by atoms with E-state index in [1.54, 1.807) is 0 Å². The molecule has 0 amide bonds. The molecule has 0 spiro atoms. The van der Waals surface area contributed by atoms with E-state index in [1.807, 2.05) is 47.3 Å². The number of nitrogens with two attached hydrogens (primary N) is 1. The highest BCUT2D eigenvalue weighted by atomic mass is 32.2. The van der Waals surface area contributed by atoms with E-state index in [4.69, 9.17) is 11.1 Å². The molecule has 0 aliphatic rings. The molecule has 0 saturated carbocycles. The lowest BCUT2D eigenvalue weighted by Crippen LogP contribution is -2.04. The SMILES string of the molecule is N=C(N)SCc1ccn(-c2ccccc2)n1. The van der Waals surface area contributed by atoms with Crippen LogP contribution in [0.4, 0.5) is 0 Å². The smallest absolute Gasteiger partial charge is 0.151 e. The van der Waals surface area contributed by atoms with E-state index in [2.05, 4.69) is 5.10 Å². The van der Waals surface area contributed by atoms with Crippen molar-refractivity contribution in [1.82, 2.24) is 9.78 Å². The van der Waals surface area contributed by atoms with Crippen molar-refractivity contribution >= 4 is 16.9 Å². The minimum atomic E-state index is 0.120. The first-order valence-electron chi connectivity index (χ1n) is 4.82. The van der Waals surface area contributed by atoms with Crippen LogP contribution < -0.4 is 5.73 Å². The van der Waals surface area contributed by atoms with Crippen LogP contribution >= 0.6 is 11.8 Å². The van der Waals surface area contributed by atoms with Crippen LogP contribution in [0.1, 0.15) is 5.69 Å². The van der Waals surface area contributed by atoms with Gasteiger partial charge in [0, 0.05) is 11.9 Å². The minimum Gasteiger partial charge on any atom is -0.379 e. The molecule has 5 heteroatoms. The van der Waals surface area contributed by atoms with Crippen molar-refractivity contribution in [3.8, 4) is 5.69 Å². The van der Waals surface area contributed by atoms with E-state index in [1.165, 1.54) is 11.8 Å². The van der Waals surface area contributed by atoms with Crippen LogP contribution in [0.25, 0.3) is 5.69 Å². The molecule has 2 aromatic rings. The average molecular weight is 232 g/mol. The maximum Gasteiger partial charge on any atom is 0.151 e. The topological polar surface area (TPSA) is 67.7 Å². The highest BCUT2D eigenvalue weighted by Crippen LogP contribution is 2.11. The molecule has 0 saturated heterocycles. The highest BCUT2D eigenvalue weighted by molar-refractivity contribution is 8.13. The number of thioether (sulfide) groups is 1. The molecule has 0 fully saturated rings. The van der Waals surface area contributed by atoms with Crippen molar-refractivity contribution in [2.45, 2.75) is 5.75 Å². The monoisotopic (exact) mass is 232 g/mol. The van der Waals surface area contributed by atoms with Gasteiger partial charge in [-0.05, 0) is 18.2 Å². The summed E-state index contributed by atoms with van der Waals surface area (Å²) in [4.78, 5) is 0. The molecule has 82 valence electrons. The lowest BCUT2D eigenvalue weighted by atomic mass is 10.3. The summed E-state index contributed by atoms with van der Waals surface area (Å²) in [6.45, 7) is 0. The zero-order valence-electron chi connectivity index (χ0n) is 8.63. The fraction of sp³-hybridized carbons (Fsp3) is 0.0909. The molecule has 16 heavy (non-hydrogen) atoms. The Morgan fingerprint density at radius 1 is 1.31 bits per heavy atom. The van der Waals surface area contributed by atoms with E-state index >= 15 is 0 Å². The first-order chi connectivity index (χ1) is 7.75. The molecule has 0 radical (unpaired) electrons. The van der Waals surface area contributed by atoms with Crippen LogP contribution in [0.5, 0.6) is 0 Å². The Kier molecular flexibility index (Phi) is 3.26. The molecule has 4 nitrogen and oxygen atoms in total. The Hall–Kier alpha value is -1.75. The van der Waals surface area contributed by atoms with Crippen LogP contribution in [0, 0.1) is 5.41 Å². The average Bonchev–Trinajstić information content (AvgIpc) is 2.76. The third-order valence-electron chi connectivity index (χ3n) is 2.04. The fourth-order valence-electron chi connectivity index (χ4n) is 1.31. The number of nitrogens with zero attached hydrogens (tertiary/aromatic N) is 2. The van der Waals surface area contributed by atoms with Gasteiger partial charge in [-0.25, -0.2) is 4.68 Å². The summed E-state index contributed by atoms with van der Waals surface area (Å²) in [5.74, 6) is 0.634. The summed E-state index contributed by atoms with van der Waals surface area (Å²) < 4.78 is 1.82. The van der Waals surface area contributed by atoms with Gasteiger partial charge in [-0.1, -0.05) is 30.0 Å². The van der Waals surface area contributed by atoms with Crippen LogP contribution in [0.2, 0.25) is 0 Å². The number of amidine groups is 1. The molecule has 0 aliphatic carbocycles. The maximum atomic E-state index is 7.12. The van der Waals surface area contributed by atoms with Crippen molar-refractivity contribution in [3.05, 3.63) is 48.3 Å². The normalized spacial score (nSPS) is 10.2. The van der Waals surface area contributed by atoms with Crippen LogP contribution in [-0.2, 0) is 5.75 Å². The summed E-state index contributed by atoms with van der Waals surface area (Å²) in [7, 11) is 0. The number of para-hydroxylation sites is 1. The van der Waals surface area contributed by atoms with Crippen molar-refractivity contribution in [2.24, 2.45) is 5.73 Å². The number of hydrogen-bond donors (Lipinski definition) is 2. The highest BCUT2D eigenvalue weighted by Gasteiger charge is 2.01. The second-order valence-electron chi connectivity index (χ2n) is 3.24. The minimum absolute atomic E-state index is 0.120. The molecule has 0 atom stereocenters. The van der Waals surface area contributed by atoms with Gasteiger partial charge in [-0.3, -0.25) is 5.41 Å². The molecule has 2 rings (SSSR count). The van der Waals surface area contributed by atoms with E-state index < -0.39 is 0 Å². The van der Waals surface area contributed by atoms with Crippen molar-refractivity contribution in [1.29, 1.82) is 5.41 Å². The third-order valence-corrected chi connectivity index (χ3v) is 2.79.